The molecule has 0 radical (unpaired) electrons. The van der Waals surface area contributed by atoms with E-state index in [0.717, 1.165) is 12.6 Å². The zero-order chi connectivity index (χ0) is 13.9. The number of rotatable bonds is 3. The molecule has 0 aliphatic carbocycles. The Morgan fingerprint density at radius 1 is 1.05 bits per heavy atom. The molecule has 1 aliphatic heterocycles. The van der Waals surface area contributed by atoms with Crippen molar-refractivity contribution >= 4 is 10.8 Å². The number of hydrogen-bond acceptors (Lipinski definition) is 0. The van der Waals surface area contributed by atoms with Crippen molar-refractivity contribution < 1.29 is 9.80 Å². The zero-order valence-corrected chi connectivity index (χ0v) is 12.7. The molecule has 1 saturated heterocycles. The lowest BCUT2D eigenvalue weighted by Crippen LogP contribution is -3.17. The first-order valence-corrected chi connectivity index (χ1v) is 7.83. The molecule has 1 aliphatic rings. The lowest BCUT2D eigenvalue weighted by Gasteiger charge is -2.30. The Labute approximate surface area is 122 Å². The van der Waals surface area contributed by atoms with Gasteiger partial charge in [-0.15, -0.1) is 0 Å². The molecule has 2 aromatic carbocycles. The number of fused-ring (bicyclic) bond motifs is 1. The van der Waals surface area contributed by atoms with Gasteiger partial charge in [0, 0.05) is 18.4 Å². The van der Waals surface area contributed by atoms with Gasteiger partial charge in [0.25, 0.3) is 0 Å². The van der Waals surface area contributed by atoms with E-state index in [1.807, 2.05) is 0 Å². The minimum atomic E-state index is 0.838. The maximum Gasteiger partial charge on any atom is 0.103 e. The van der Waals surface area contributed by atoms with Crippen LogP contribution in [-0.2, 0) is 6.54 Å². The van der Waals surface area contributed by atoms with Crippen molar-refractivity contribution in [2.75, 3.05) is 27.2 Å². The topological polar surface area (TPSA) is 8.88 Å². The van der Waals surface area contributed by atoms with Gasteiger partial charge in [-0.05, 0) is 16.8 Å². The SMILES string of the molecule is C[NH+]1CCC([NH+](C)Cc2ccc3ccccc3c2)CC1. The van der Waals surface area contributed by atoms with E-state index in [4.69, 9.17) is 0 Å². The molecule has 2 N–H and O–H groups in total. The summed E-state index contributed by atoms with van der Waals surface area (Å²) in [4.78, 5) is 3.37. The van der Waals surface area contributed by atoms with Gasteiger partial charge in [0.15, 0.2) is 0 Å². The molecule has 1 heterocycles. The third-order valence-corrected chi connectivity index (χ3v) is 4.83. The van der Waals surface area contributed by atoms with Gasteiger partial charge in [-0.2, -0.15) is 0 Å². The zero-order valence-electron chi connectivity index (χ0n) is 12.7. The van der Waals surface area contributed by atoms with E-state index in [2.05, 4.69) is 56.6 Å². The fourth-order valence-electron chi connectivity index (χ4n) is 3.42. The van der Waals surface area contributed by atoms with E-state index < -0.39 is 0 Å². The predicted molar refractivity (Wildman–Crippen MR) is 84.2 cm³/mol. The van der Waals surface area contributed by atoms with E-state index in [0.29, 0.717) is 0 Å². The van der Waals surface area contributed by atoms with E-state index in [1.165, 1.54) is 42.3 Å². The first kappa shape index (κ1) is 13.6. The maximum absolute atomic E-state index is 2.36. The van der Waals surface area contributed by atoms with E-state index in [9.17, 15) is 0 Å². The summed E-state index contributed by atoms with van der Waals surface area (Å²) < 4.78 is 0. The smallest absolute Gasteiger partial charge is 0.103 e. The van der Waals surface area contributed by atoms with Gasteiger partial charge >= 0.3 is 0 Å². The lowest BCUT2D eigenvalue weighted by atomic mass is 10.0. The molecule has 0 aromatic heterocycles. The van der Waals surface area contributed by atoms with Gasteiger partial charge in [-0.3, -0.25) is 0 Å². The molecule has 1 atom stereocenters. The van der Waals surface area contributed by atoms with Crippen LogP contribution in [0.4, 0.5) is 0 Å². The summed E-state index contributed by atoms with van der Waals surface area (Å²) in [6.45, 7) is 3.81. The molecule has 0 amide bonds. The van der Waals surface area contributed by atoms with Crippen LogP contribution >= 0.6 is 0 Å². The summed E-state index contributed by atoms with van der Waals surface area (Å²) in [5, 5.41) is 2.71. The van der Waals surface area contributed by atoms with Gasteiger partial charge in [0.2, 0.25) is 0 Å². The number of piperidine rings is 1. The lowest BCUT2D eigenvalue weighted by molar-refractivity contribution is -0.948. The molecule has 1 unspecified atom stereocenters. The third kappa shape index (κ3) is 3.02. The average Bonchev–Trinajstić information content (AvgIpc) is 2.48. The highest BCUT2D eigenvalue weighted by Crippen LogP contribution is 2.15. The van der Waals surface area contributed by atoms with Crippen LogP contribution < -0.4 is 9.80 Å². The molecule has 3 rings (SSSR count). The Hall–Kier alpha value is -1.38. The number of benzene rings is 2. The fraction of sp³-hybridized carbons (Fsp3) is 0.444. The van der Waals surface area contributed by atoms with Crippen LogP contribution in [0.25, 0.3) is 10.8 Å². The monoisotopic (exact) mass is 270 g/mol. The molecule has 20 heavy (non-hydrogen) atoms. The summed E-state index contributed by atoms with van der Waals surface area (Å²) in [7, 11) is 4.68. The Balaban J connectivity index is 1.69. The van der Waals surface area contributed by atoms with E-state index in [-0.39, 0.29) is 0 Å². The molecular weight excluding hydrogens is 244 g/mol. The highest BCUT2D eigenvalue weighted by atomic mass is 15.2. The summed E-state index contributed by atoms with van der Waals surface area (Å²) >= 11 is 0. The molecule has 1 fully saturated rings. The molecule has 2 aromatic rings. The number of quaternary nitrogens is 2. The molecule has 2 heteroatoms. The quantitative estimate of drug-likeness (QED) is 0.805. The van der Waals surface area contributed by atoms with Crippen LogP contribution in [0.5, 0.6) is 0 Å². The van der Waals surface area contributed by atoms with Crippen LogP contribution in [0.1, 0.15) is 18.4 Å². The van der Waals surface area contributed by atoms with E-state index in [1.54, 1.807) is 9.80 Å². The molecular formula is C18H26N2+2. The summed E-state index contributed by atoms with van der Waals surface area (Å²) in [5.74, 6) is 0. The molecule has 106 valence electrons. The predicted octanol–water partition coefficient (Wildman–Crippen LogP) is 0.532. The normalized spacial score (nSPS) is 24.7. The first-order valence-electron chi connectivity index (χ1n) is 7.83. The van der Waals surface area contributed by atoms with Crippen molar-refractivity contribution in [2.45, 2.75) is 25.4 Å². The third-order valence-electron chi connectivity index (χ3n) is 4.83. The Morgan fingerprint density at radius 3 is 2.50 bits per heavy atom. The van der Waals surface area contributed by atoms with Crippen molar-refractivity contribution in [1.82, 2.24) is 0 Å². The van der Waals surface area contributed by atoms with Crippen LogP contribution in [0.3, 0.4) is 0 Å². The summed E-state index contributed by atoms with van der Waals surface area (Å²) in [6.07, 6.45) is 2.73. The number of nitrogens with one attached hydrogen (secondary N) is 2. The maximum atomic E-state index is 2.36. The highest BCUT2D eigenvalue weighted by Gasteiger charge is 2.25. The number of likely N-dealkylation sites (tertiary alicyclic amines) is 1. The first-order chi connectivity index (χ1) is 9.72. The van der Waals surface area contributed by atoms with Crippen LogP contribution in [0, 0.1) is 0 Å². The Morgan fingerprint density at radius 2 is 1.75 bits per heavy atom. The Bertz CT molecular complexity index is 570. The minimum absolute atomic E-state index is 0.838. The second kappa shape index (κ2) is 5.94. The van der Waals surface area contributed by atoms with Gasteiger partial charge in [0.05, 0.1) is 33.2 Å². The van der Waals surface area contributed by atoms with Crippen molar-refractivity contribution in [2.24, 2.45) is 0 Å². The second-order valence-electron chi connectivity index (χ2n) is 6.44. The number of hydrogen-bond donors (Lipinski definition) is 2. The van der Waals surface area contributed by atoms with Gasteiger partial charge < -0.3 is 9.80 Å². The van der Waals surface area contributed by atoms with Gasteiger partial charge in [-0.1, -0.05) is 36.4 Å². The summed E-state index contributed by atoms with van der Waals surface area (Å²) in [5.41, 5.74) is 1.47. The second-order valence-corrected chi connectivity index (χ2v) is 6.44. The Kier molecular flexibility index (Phi) is 4.04. The standard InChI is InChI=1S/C18H24N2/c1-19-11-9-18(10-12-19)20(2)14-15-7-8-16-5-3-4-6-17(16)13-15/h3-8,13,18H,9-12,14H2,1-2H3/p+2. The van der Waals surface area contributed by atoms with Crippen molar-refractivity contribution in [3.05, 3.63) is 48.0 Å². The molecule has 2 nitrogen and oxygen atoms in total. The van der Waals surface area contributed by atoms with Crippen LogP contribution in [0.2, 0.25) is 0 Å². The average molecular weight is 270 g/mol. The summed E-state index contributed by atoms with van der Waals surface area (Å²) in [6, 6.07) is 16.4. The molecule has 0 bridgehead atoms. The highest BCUT2D eigenvalue weighted by molar-refractivity contribution is 5.82. The van der Waals surface area contributed by atoms with Crippen molar-refractivity contribution in [1.29, 1.82) is 0 Å². The van der Waals surface area contributed by atoms with E-state index >= 15 is 0 Å². The minimum Gasteiger partial charge on any atom is -0.337 e. The van der Waals surface area contributed by atoms with Gasteiger partial charge in [-0.25, -0.2) is 0 Å². The van der Waals surface area contributed by atoms with Crippen LogP contribution in [0.15, 0.2) is 42.5 Å². The fourth-order valence-corrected chi connectivity index (χ4v) is 3.42. The van der Waals surface area contributed by atoms with Gasteiger partial charge in [0.1, 0.15) is 6.54 Å². The molecule has 0 spiro atoms. The van der Waals surface area contributed by atoms with Crippen LogP contribution in [-0.4, -0.2) is 33.2 Å². The van der Waals surface area contributed by atoms with Crippen molar-refractivity contribution in [3.63, 3.8) is 0 Å². The largest absolute Gasteiger partial charge is 0.337 e. The molecule has 0 saturated carbocycles. The van der Waals surface area contributed by atoms with Crippen molar-refractivity contribution in [3.8, 4) is 0 Å².